The molecule has 0 aliphatic rings. The highest BCUT2D eigenvalue weighted by Crippen LogP contribution is 2.42. The predicted octanol–water partition coefficient (Wildman–Crippen LogP) is 10.4. The molecule has 0 aliphatic carbocycles. The Balaban J connectivity index is 1.58. The first-order valence-corrected chi connectivity index (χ1v) is 14.9. The summed E-state index contributed by atoms with van der Waals surface area (Å²) in [6, 6.07) is 17.3. The van der Waals surface area contributed by atoms with E-state index in [4.69, 9.17) is 58.0 Å². The van der Waals surface area contributed by atoms with Gasteiger partial charge in [0.15, 0.2) is 0 Å². The molecule has 0 saturated carbocycles. The van der Waals surface area contributed by atoms with Crippen LogP contribution < -0.4 is 10.6 Å². The Morgan fingerprint density at radius 2 is 1.34 bits per heavy atom. The molecular weight excluding hydrogens is 707 g/mol. The number of carbonyl (C=O) groups is 3. The van der Waals surface area contributed by atoms with Crippen molar-refractivity contribution in [2.45, 2.75) is 16.3 Å². The summed E-state index contributed by atoms with van der Waals surface area (Å²) < 4.78 is 39.7. The number of rotatable bonds is 8. The Bertz CT molecular complexity index is 1760. The molecule has 2 amide bonds. The first-order valence-electron chi connectivity index (χ1n) is 12.1. The molecule has 0 fully saturated rings. The minimum Gasteiger partial charge on any atom is -0.478 e. The Kier molecular flexibility index (Phi) is 10.7. The Labute approximate surface area is 277 Å². The van der Waals surface area contributed by atoms with E-state index >= 15 is 0 Å². The van der Waals surface area contributed by atoms with E-state index < -0.39 is 55.9 Å². The zero-order valence-electron chi connectivity index (χ0n) is 21.6. The zero-order valence-corrected chi connectivity index (χ0v) is 26.2. The summed E-state index contributed by atoms with van der Waals surface area (Å²) in [6.45, 7) is 0. The Morgan fingerprint density at radius 3 is 1.91 bits per heavy atom. The van der Waals surface area contributed by atoms with Gasteiger partial charge in [0.1, 0.15) is 5.25 Å². The van der Waals surface area contributed by atoms with Gasteiger partial charge in [-0.3, -0.25) is 9.59 Å². The third-order valence-corrected chi connectivity index (χ3v) is 9.36. The van der Waals surface area contributed by atoms with Gasteiger partial charge in [0.25, 0.3) is 5.91 Å². The van der Waals surface area contributed by atoms with Gasteiger partial charge < -0.3 is 15.7 Å². The van der Waals surface area contributed by atoms with Crippen LogP contribution in [-0.4, -0.2) is 22.9 Å². The third kappa shape index (κ3) is 7.56. The summed E-state index contributed by atoms with van der Waals surface area (Å²) in [5, 5.41) is 12.1. The van der Waals surface area contributed by atoms with Gasteiger partial charge >= 0.3 is 12.1 Å². The monoisotopic (exact) mass is 720 g/mol. The normalized spacial score (nSPS) is 12.0. The van der Waals surface area contributed by atoms with E-state index in [1.165, 1.54) is 12.1 Å². The maximum Gasteiger partial charge on any atom is 0.416 e. The van der Waals surface area contributed by atoms with Gasteiger partial charge in [-0.25, -0.2) is 4.79 Å². The molecule has 6 nitrogen and oxygen atoms in total. The highest BCUT2D eigenvalue weighted by Gasteiger charge is 2.32. The maximum atomic E-state index is 13.4. The lowest BCUT2D eigenvalue weighted by Crippen LogP contribution is -2.20. The SMILES string of the molecule is O=C(O)c1c(Cl)c(Cl)c(Cl)c(Cl)c1C(=O)Nc1ccc(SC(C(=O)Nc2cc(C(F)(F)F)ccc2Cl)c2ccccc2)cc1. The van der Waals surface area contributed by atoms with E-state index in [1.807, 2.05) is 0 Å². The van der Waals surface area contributed by atoms with Gasteiger partial charge in [-0.2, -0.15) is 13.2 Å². The van der Waals surface area contributed by atoms with Crippen LogP contribution in [0.25, 0.3) is 0 Å². The molecule has 15 heteroatoms. The number of carboxylic acid groups (broad SMARTS) is 1. The van der Waals surface area contributed by atoms with E-state index in [9.17, 15) is 32.7 Å². The van der Waals surface area contributed by atoms with Crippen molar-refractivity contribution >= 4 is 98.9 Å². The molecule has 44 heavy (non-hydrogen) atoms. The van der Waals surface area contributed by atoms with E-state index in [0.717, 1.165) is 30.0 Å². The minimum absolute atomic E-state index is 0.0716. The number of amides is 2. The number of carboxylic acids is 1. The Hall–Kier alpha value is -3.12. The molecule has 0 radical (unpaired) electrons. The smallest absolute Gasteiger partial charge is 0.416 e. The average Bonchev–Trinajstić information content (AvgIpc) is 2.98. The summed E-state index contributed by atoms with van der Waals surface area (Å²) in [6.07, 6.45) is -4.64. The van der Waals surface area contributed by atoms with E-state index in [2.05, 4.69) is 10.6 Å². The molecule has 3 N–H and O–H groups in total. The maximum absolute atomic E-state index is 13.4. The second-order valence-corrected chi connectivity index (χ2v) is 12.0. The minimum atomic E-state index is -4.64. The van der Waals surface area contributed by atoms with Crippen molar-refractivity contribution < 1.29 is 32.7 Å². The van der Waals surface area contributed by atoms with Crippen LogP contribution in [0.4, 0.5) is 24.5 Å². The lowest BCUT2D eigenvalue weighted by molar-refractivity contribution is -0.137. The van der Waals surface area contributed by atoms with Gasteiger partial charge in [-0.1, -0.05) is 88.3 Å². The molecule has 0 aliphatic heterocycles. The molecular formula is C29H16Cl5F3N2O4S. The third-order valence-electron chi connectivity index (χ3n) is 5.97. The number of hydrogen-bond donors (Lipinski definition) is 3. The molecule has 228 valence electrons. The van der Waals surface area contributed by atoms with Gasteiger partial charge in [-0.05, 0) is 48.0 Å². The van der Waals surface area contributed by atoms with Gasteiger partial charge in [0, 0.05) is 10.6 Å². The number of aromatic carboxylic acids is 1. The molecule has 4 rings (SSSR count). The first-order chi connectivity index (χ1) is 20.7. The van der Waals surface area contributed by atoms with Crippen LogP contribution in [0.5, 0.6) is 0 Å². The van der Waals surface area contributed by atoms with Crippen molar-refractivity contribution in [3.8, 4) is 0 Å². The molecule has 1 atom stereocenters. The fourth-order valence-electron chi connectivity index (χ4n) is 3.89. The predicted molar refractivity (Wildman–Crippen MR) is 168 cm³/mol. The number of nitrogens with one attached hydrogen (secondary N) is 2. The van der Waals surface area contributed by atoms with Crippen LogP contribution >= 0.6 is 69.8 Å². The molecule has 0 aromatic heterocycles. The van der Waals surface area contributed by atoms with Gasteiger partial charge in [0.05, 0.1) is 47.5 Å². The van der Waals surface area contributed by atoms with Crippen LogP contribution in [0.1, 0.15) is 37.1 Å². The van der Waals surface area contributed by atoms with Crippen LogP contribution in [0, 0.1) is 0 Å². The van der Waals surface area contributed by atoms with Gasteiger partial charge in [-0.15, -0.1) is 11.8 Å². The van der Waals surface area contributed by atoms with Crippen molar-refractivity contribution in [3.05, 3.63) is 120 Å². The molecule has 0 heterocycles. The number of anilines is 2. The second-order valence-electron chi connectivity index (χ2n) is 8.88. The largest absolute Gasteiger partial charge is 0.478 e. The lowest BCUT2D eigenvalue weighted by Gasteiger charge is -2.19. The number of carbonyl (C=O) groups excluding carboxylic acids is 2. The summed E-state index contributed by atoms with van der Waals surface area (Å²) in [5.41, 5.74) is -1.51. The van der Waals surface area contributed by atoms with Crippen molar-refractivity contribution in [1.29, 1.82) is 0 Å². The van der Waals surface area contributed by atoms with E-state index in [1.54, 1.807) is 42.5 Å². The average molecular weight is 723 g/mol. The molecule has 4 aromatic carbocycles. The van der Waals surface area contributed by atoms with Crippen molar-refractivity contribution in [2.75, 3.05) is 10.6 Å². The summed E-state index contributed by atoms with van der Waals surface area (Å²) in [4.78, 5) is 38.8. The quantitative estimate of drug-likeness (QED) is 0.0956. The second kappa shape index (κ2) is 13.9. The number of thioether (sulfide) groups is 1. The summed E-state index contributed by atoms with van der Waals surface area (Å²) in [7, 11) is 0. The van der Waals surface area contributed by atoms with Crippen LogP contribution in [0.2, 0.25) is 25.1 Å². The standard InChI is InChI=1S/C29H16Cl5F3N2O4S/c30-17-11-6-14(29(35,36)37)12-18(17)39-27(41)25(13-4-2-1-3-5-13)44-16-9-7-15(8-10-16)38-26(40)19-20(28(42)43)22(32)24(34)23(33)21(19)31/h1-12,25H,(H,38,40)(H,39,41)(H,42,43). The number of benzene rings is 4. The molecule has 1 unspecified atom stereocenters. The van der Waals surface area contributed by atoms with E-state index in [-0.39, 0.29) is 26.4 Å². The highest BCUT2D eigenvalue weighted by atomic mass is 35.5. The molecule has 0 bridgehead atoms. The topological polar surface area (TPSA) is 95.5 Å². The van der Waals surface area contributed by atoms with Crippen molar-refractivity contribution in [1.82, 2.24) is 0 Å². The summed E-state index contributed by atoms with van der Waals surface area (Å²) in [5.74, 6) is -3.11. The van der Waals surface area contributed by atoms with Crippen LogP contribution in [0.15, 0.2) is 77.7 Å². The molecule has 0 saturated heterocycles. The fraction of sp³-hybridized carbons (Fsp3) is 0.0690. The first kappa shape index (κ1) is 33.8. The molecule has 4 aromatic rings. The van der Waals surface area contributed by atoms with Crippen LogP contribution in [0.3, 0.4) is 0 Å². The lowest BCUT2D eigenvalue weighted by atomic mass is 10.1. The van der Waals surface area contributed by atoms with E-state index in [0.29, 0.717) is 10.5 Å². The van der Waals surface area contributed by atoms with Gasteiger partial charge in [0.2, 0.25) is 5.91 Å². The van der Waals surface area contributed by atoms with Crippen LogP contribution in [-0.2, 0) is 11.0 Å². The highest BCUT2D eigenvalue weighted by molar-refractivity contribution is 8.00. The molecule has 0 spiro atoms. The zero-order chi connectivity index (χ0) is 32.3. The van der Waals surface area contributed by atoms with Crippen molar-refractivity contribution in [2.24, 2.45) is 0 Å². The number of alkyl halides is 3. The number of hydrogen-bond acceptors (Lipinski definition) is 4. The van der Waals surface area contributed by atoms with Crippen molar-refractivity contribution in [3.63, 3.8) is 0 Å². The fourth-order valence-corrected chi connectivity index (χ4v) is 6.10. The number of halogens is 8. The Morgan fingerprint density at radius 1 is 0.750 bits per heavy atom. The summed E-state index contributed by atoms with van der Waals surface area (Å²) >= 11 is 31.3.